The maximum Gasteiger partial charge on any atom is 0.534 e. The molecular weight excluding hydrogens is 549 g/mol. The quantitative estimate of drug-likeness (QED) is 0.122. The molecule has 0 aliphatic rings. The molecule has 0 spiro atoms. The summed E-state index contributed by atoms with van der Waals surface area (Å²) in [5.74, 6) is -0.235. The average Bonchev–Trinajstić information content (AvgIpc) is 3.37. The molecule has 41 heavy (non-hydrogen) atoms. The average molecular weight is 569 g/mol. The Balaban J connectivity index is 1.67. The van der Waals surface area contributed by atoms with Crippen LogP contribution in [-0.2, 0) is 10.1 Å². The predicted octanol–water partition coefficient (Wildman–Crippen LogP) is 8.38. The number of halogens is 3. The number of rotatable bonds is 4. The van der Waals surface area contributed by atoms with Gasteiger partial charge in [0.25, 0.3) is 0 Å². The molecule has 1 aromatic heterocycles. The maximum atomic E-state index is 13.4. The fraction of sp³-hybridized carbons (Fsp3) is 0.0312. The minimum Gasteiger partial charge on any atom is -0.375 e. The van der Waals surface area contributed by atoms with Gasteiger partial charge in [-0.1, -0.05) is 97.1 Å². The molecule has 0 aliphatic heterocycles. The zero-order valence-electron chi connectivity index (χ0n) is 21.1. The van der Waals surface area contributed by atoms with Crippen LogP contribution in [0.5, 0.6) is 5.75 Å². The van der Waals surface area contributed by atoms with Crippen molar-refractivity contribution in [1.29, 1.82) is 0 Å². The molecule has 7 aromatic rings. The Kier molecular flexibility index (Phi) is 5.55. The highest BCUT2D eigenvalue weighted by Crippen LogP contribution is 2.42. The van der Waals surface area contributed by atoms with E-state index < -0.39 is 21.4 Å². The van der Waals surface area contributed by atoms with Crippen molar-refractivity contribution in [3.63, 3.8) is 0 Å². The molecule has 202 valence electrons. The van der Waals surface area contributed by atoms with Gasteiger partial charge >= 0.3 is 15.6 Å². The van der Waals surface area contributed by atoms with Gasteiger partial charge in [-0.3, -0.25) is 4.57 Å². The molecule has 0 N–H and O–H groups in total. The van der Waals surface area contributed by atoms with Crippen LogP contribution in [0.15, 0.2) is 115 Å². The molecule has 0 aliphatic carbocycles. The van der Waals surface area contributed by atoms with Crippen LogP contribution in [0.4, 0.5) is 13.2 Å². The standard InChI is InChI=1S/C32H19F3N2O3S/c33-32(34,35)41(38,39)40-28-19-8-7-17-26(28)31-36-29-24-15-5-3-13-22(24)23-14-4-6-16-25(23)30(29)37(31)27-18-9-11-20-10-1-2-12-21(20)27/h1-19H. The van der Waals surface area contributed by atoms with Gasteiger partial charge in [0.15, 0.2) is 5.75 Å². The van der Waals surface area contributed by atoms with Crippen molar-refractivity contribution in [2.24, 2.45) is 0 Å². The minimum absolute atomic E-state index is 0.0950. The first-order chi connectivity index (χ1) is 19.7. The highest BCUT2D eigenvalue weighted by Gasteiger charge is 2.49. The van der Waals surface area contributed by atoms with E-state index in [1.807, 2.05) is 95.6 Å². The van der Waals surface area contributed by atoms with Crippen LogP contribution in [0.25, 0.3) is 60.4 Å². The van der Waals surface area contributed by atoms with E-state index in [1.165, 1.54) is 18.2 Å². The smallest absolute Gasteiger partial charge is 0.375 e. The summed E-state index contributed by atoms with van der Waals surface area (Å²) in [5, 5.41) is 5.51. The van der Waals surface area contributed by atoms with Gasteiger partial charge in [-0.15, -0.1) is 0 Å². The molecule has 0 fully saturated rings. The molecule has 6 aromatic carbocycles. The highest BCUT2D eigenvalue weighted by molar-refractivity contribution is 7.88. The van der Waals surface area contributed by atoms with Gasteiger partial charge in [0.1, 0.15) is 5.82 Å². The Hall–Kier alpha value is -4.89. The molecule has 0 amide bonds. The van der Waals surface area contributed by atoms with E-state index in [0.29, 0.717) is 5.52 Å². The number of alkyl halides is 3. The van der Waals surface area contributed by atoms with Crippen LogP contribution < -0.4 is 4.18 Å². The highest BCUT2D eigenvalue weighted by atomic mass is 32.2. The first kappa shape index (κ1) is 25.1. The predicted molar refractivity (Wildman–Crippen MR) is 155 cm³/mol. The third-order valence-electron chi connectivity index (χ3n) is 7.15. The molecule has 0 saturated carbocycles. The lowest BCUT2D eigenvalue weighted by Crippen LogP contribution is -2.28. The molecular formula is C32H19F3N2O3S. The Morgan fingerprint density at radius 2 is 1.20 bits per heavy atom. The number of fused-ring (bicyclic) bond motifs is 7. The van der Waals surface area contributed by atoms with Gasteiger partial charge in [-0.05, 0) is 34.4 Å². The van der Waals surface area contributed by atoms with Gasteiger partial charge in [-0.2, -0.15) is 21.6 Å². The largest absolute Gasteiger partial charge is 0.534 e. The van der Waals surface area contributed by atoms with Crippen molar-refractivity contribution in [3.8, 4) is 22.8 Å². The van der Waals surface area contributed by atoms with E-state index in [2.05, 4.69) is 0 Å². The molecule has 0 atom stereocenters. The number of nitrogens with zero attached hydrogens (tertiary/aromatic N) is 2. The van der Waals surface area contributed by atoms with Crippen molar-refractivity contribution in [1.82, 2.24) is 9.55 Å². The summed E-state index contributed by atoms with van der Waals surface area (Å²) in [7, 11) is -5.93. The lowest BCUT2D eigenvalue weighted by atomic mass is 9.99. The maximum absolute atomic E-state index is 13.4. The number of benzene rings is 6. The third kappa shape index (κ3) is 3.92. The number of para-hydroxylation sites is 1. The fourth-order valence-corrected chi connectivity index (χ4v) is 5.89. The number of aromatic nitrogens is 2. The molecule has 0 bridgehead atoms. The van der Waals surface area contributed by atoms with Crippen molar-refractivity contribution >= 4 is 53.5 Å². The Labute approximate surface area is 232 Å². The summed E-state index contributed by atoms with van der Waals surface area (Å²) >= 11 is 0. The van der Waals surface area contributed by atoms with E-state index in [9.17, 15) is 21.6 Å². The van der Waals surface area contributed by atoms with Gasteiger partial charge in [0.2, 0.25) is 0 Å². The normalized spacial score (nSPS) is 12.5. The van der Waals surface area contributed by atoms with Gasteiger partial charge in [0, 0.05) is 16.2 Å². The summed E-state index contributed by atoms with van der Waals surface area (Å²) in [6, 6.07) is 34.9. The summed E-state index contributed by atoms with van der Waals surface area (Å²) in [6.45, 7) is 0. The second-order valence-electron chi connectivity index (χ2n) is 9.54. The Morgan fingerprint density at radius 1 is 0.634 bits per heavy atom. The molecule has 9 heteroatoms. The first-order valence-corrected chi connectivity index (χ1v) is 14.1. The second kappa shape index (κ2) is 9.07. The van der Waals surface area contributed by atoms with Crippen molar-refractivity contribution in [2.75, 3.05) is 0 Å². The molecule has 0 radical (unpaired) electrons. The van der Waals surface area contributed by atoms with E-state index >= 15 is 0 Å². The SMILES string of the molecule is O=S(=O)(Oc1ccccc1-c1nc2c3ccccc3c3ccccc3c2n1-c1cccc2ccccc12)C(F)(F)F. The van der Waals surface area contributed by atoms with Gasteiger partial charge in [0.05, 0.1) is 22.3 Å². The van der Waals surface area contributed by atoms with Crippen LogP contribution in [0.2, 0.25) is 0 Å². The van der Waals surface area contributed by atoms with E-state index in [1.54, 1.807) is 6.07 Å². The molecule has 7 rings (SSSR count). The number of imidazole rings is 1. The summed E-state index contributed by atoms with van der Waals surface area (Å²) in [5.41, 5.74) is -3.41. The van der Waals surface area contributed by atoms with Crippen LogP contribution >= 0.6 is 0 Å². The number of hydrogen-bond donors (Lipinski definition) is 0. The van der Waals surface area contributed by atoms with E-state index in [-0.39, 0.29) is 11.4 Å². The van der Waals surface area contributed by atoms with Gasteiger partial charge < -0.3 is 4.18 Å². The van der Waals surface area contributed by atoms with Crippen LogP contribution in [-0.4, -0.2) is 23.5 Å². The lowest BCUT2D eigenvalue weighted by Gasteiger charge is -2.16. The zero-order chi connectivity index (χ0) is 28.4. The zero-order valence-corrected chi connectivity index (χ0v) is 21.9. The van der Waals surface area contributed by atoms with Crippen LogP contribution in [0, 0.1) is 0 Å². The molecule has 0 saturated heterocycles. The van der Waals surface area contributed by atoms with E-state index in [0.717, 1.165) is 43.5 Å². The third-order valence-corrected chi connectivity index (χ3v) is 8.12. The first-order valence-electron chi connectivity index (χ1n) is 12.6. The summed E-state index contributed by atoms with van der Waals surface area (Å²) in [6.07, 6.45) is 0. The summed E-state index contributed by atoms with van der Waals surface area (Å²) in [4.78, 5) is 5.00. The molecule has 0 unspecified atom stereocenters. The van der Waals surface area contributed by atoms with Crippen LogP contribution in [0.3, 0.4) is 0 Å². The van der Waals surface area contributed by atoms with Crippen molar-refractivity contribution in [3.05, 3.63) is 115 Å². The fourth-order valence-electron chi connectivity index (χ4n) is 5.41. The topological polar surface area (TPSA) is 61.2 Å². The van der Waals surface area contributed by atoms with Crippen molar-refractivity contribution < 1.29 is 25.8 Å². The van der Waals surface area contributed by atoms with Gasteiger partial charge in [-0.25, -0.2) is 4.98 Å². The molecule has 1 heterocycles. The number of hydrogen-bond acceptors (Lipinski definition) is 4. The van der Waals surface area contributed by atoms with E-state index in [4.69, 9.17) is 9.17 Å². The Bertz CT molecular complexity index is 2250. The Morgan fingerprint density at radius 3 is 1.93 bits per heavy atom. The monoisotopic (exact) mass is 568 g/mol. The van der Waals surface area contributed by atoms with Crippen LogP contribution in [0.1, 0.15) is 0 Å². The second-order valence-corrected chi connectivity index (χ2v) is 11.1. The molecule has 5 nitrogen and oxygen atoms in total. The minimum atomic E-state index is -5.93. The summed E-state index contributed by atoms with van der Waals surface area (Å²) < 4.78 is 70.8. The lowest BCUT2D eigenvalue weighted by molar-refractivity contribution is -0.0499. The van der Waals surface area contributed by atoms with Crippen molar-refractivity contribution in [2.45, 2.75) is 5.51 Å².